The van der Waals surface area contributed by atoms with Crippen molar-refractivity contribution < 1.29 is 0 Å². The van der Waals surface area contributed by atoms with Gasteiger partial charge < -0.3 is 10.3 Å². The summed E-state index contributed by atoms with van der Waals surface area (Å²) in [5.41, 5.74) is 6.98. The van der Waals surface area contributed by atoms with Gasteiger partial charge in [-0.25, -0.2) is 0 Å². The summed E-state index contributed by atoms with van der Waals surface area (Å²) >= 11 is 0. The van der Waals surface area contributed by atoms with Gasteiger partial charge in [0.05, 0.1) is 6.54 Å². The first-order valence-corrected chi connectivity index (χ1v) is 6.48. The number of aromatic nitrogens is 3. The van der Waals surface area contributed by atoms with E-state index in [2.05, 4.69) is 52.9 Å². The van der Waals surface area contributed by atoms with Gasteiger partial charge in [0.15, 0.2) is 0 Å². The summed E-state index contributed by atoms with van der Waals surface area (Å²) in [4.78, 5) is 0. The largest absolute Gasteiger partial charge is 0.324 e. The molecule has 0 radical (unpaired) electrons. The Balaban J connectivity index is 2.42. The number of nitrogens with zero attached hydrogens (tertiary/aromatic N) is 3. The van der Waals surface area contributed by atoms with Crippen molar-refractivity contribution in [2.45, 2.75) is 39.3 Å². The molecule has 0 amide bonds. The summed E-state index contributed by atoms with van der Waals surface area (Å²) < 4.78 is 2.13. The third-order valence-corrected chi connectivity index (χ3v) is 3.28. The van der Waals surface area contributed by atoms with Gasteiger partial charge in [-0.1, -0.05) is 37.3 Å². The lowest BCUT2D eigenvalue weighted by Crippen LogP contribution is -2.13. The molecule has 1 aromatic heterocycles. The average Bonchev–Trinajstić information content (AvgIpc) is 2.83. The third-order valence-electron chi connectivity index (χ3n) is 3.28. The SMILES string of the molecule is CCC(c1ccccc1)c1nnc(CN)n1CC. The fourth-order valence-electron chi connectivity index (χ4n) is 2.36. The smallest absolute Gasteiger partial charge is 0.146 e. The Bertz CT molecular complexity index is 490. The summed E-state index contributed by atoms with van der Waals surface area (Å²) in [5.74, 6) is 2.17. The molecule has 18 heavy (non-hydrogen) atoms. The lowest BCUT2D eigenvalue weighted by Gasteiger charge is -2.16. The summed E-state index contributed by atoms with van der Waals surface area (Å²) in [6.45, 7) is 5.57. The highest BCUT2D eigenvalue weighted by Gasteiger charge is 2.19. The topological polar surface area (TPSA) is 56.7 Å². The minimum atomic E-state index is 0.291. The zero-order valence-corrected chi connectivity index (χ0v) is 11.0. The van der Waals surface area contributed by atoms with E-state index >= 15 is 0 Å². The number of nitrogens with two attached hydrogens (primary N) is 1. The van der Waals surface area contributed by atoms with E-state index in [9.17, 15) is 0 Å². The maximum atomic E-state index is 5.70. The number of hydrogen-bond acceptors (Lipinski definition) is 3. The normalized spacial score (nSPS) is 12.6. The molecule has 0 fully saturated rings. The summed E-state index contributed by atoms with van der Waals surface area (Å²) in [5, 5.41) is 8.53. The van der Waals surface area contributed by atoms with Gasteiger partial charge in [0, 0.05) is 12.5 Å². The molecule has 4 nitrogen and oxygen atoms in total. The number of benzene rings is 1. The van der Waals surface area contributed by atoms with Crippen LogP contribution >= 0.6 is 0 Å². The Morgan fingerprint density at radius 2 is 1.89 bits per heavy atom. The van der Waals surface area contributed by atoms with E-state index in [0.717, 1.165) is 24.6 Å². The van der Waals surface area contributed by atoms with Crippen molar-refractivity contribution in [3.63, 3.8) is 0 Å². The molecule has 2 N–H and O–H groups in total. The van der Waals surface area contributed by atoms with Crippen molar-refractivity contribution in [1.29, 1.82) is 0 Å². The molecule has 2 aromatic rings. The van der Waals surface area contributed by atoms with Crippen LogP contribution in [-0.4, -0.2) is 14.8 Å². The monoisotopic (exact) mass is 244 g/mol. The van der Waals surface area contributed by atoms with E-state index in [0.29, 0.717) is 12.5 Å². The van der Waals surface area contributed by atoms with Crippen molar-refractivity contribution in [1.82, 2.24) is 14.8 Å². The van der Waals surface area contributed by atoms with Crippen molar-refractivity contribution in [3.05, 3.63) is 47.5 Å². The van der Waals surface area contributed by atoms with Gasteiger partial charge in [0.2, 0.25) is 0 Å². The van der Waals surface area contributed by atoms with Gasteiger partial charge in [0.1, 0.15) is 11.6 Å². The first kappa shape index (κ1) is 12.8. The number of hydrogen-bond donors (Lipinski definition) is 1. The Morgan fingerprint density at radius 1 is 1.17 bits per heavy atom. The summed E-state index contributed by atoms with van der Waals surface area (Å²) in [6, 6.07) is 10.4. The average molecular weight is 244 g/mol. The fraction of sp³-hybridized carbons (Fsp3) is 0.429. The van der Waals surface area contributed by atoms with Gasteiger partial charge in [0.25, 0.3) is 0 Å². The molecule has 1 aromatic carbocycles. The zero-order chi connectivity index (χ0) is 13.0. The van der Waals surface area contributed by atoms with Gasteiger partial charge in [-0.3, -0.25) is 0 Å². The second kappa shape index (κ2) is 5.78. The molecule has 0 bridgehead atoms. The molecule has 2 rings (SSSR count). The predicted molar refractivity (Wildman–Crippen MR) is 72.2 cm³/mol. The highest BCUT2D eigenvalue weighted by atomic mass is 15.3. The molecule has 1 atom stereocenters. The van der Waals surface area contributed by atoms with Gasteiger partial charge >= 0.3 is 0 Å². The summed E-state index contributed by atoms with van der Waals surface area (Å²) in [6.07, 6.45) is 1.01. The minimum absolute atomic E-state index is 0.291. The molecule has 0 spiro atoms. The predicted octanol–water partition coefficient (Wildman–Crippen LogP) is 2.30. The van der Waals surface area contributed by atoms with Crippen LogP contribution in [0.3, 0.4) is 0 Å². The van der Waals surface area contributed by atoms with Crippen molar-refractivity contribution in [3.8, 4) is 0 Å². The molecule has 0 saturated heterocycles. The van der Waals surface area contributed by atoms with Crippen LogP contribution in [0.25, 0.3) is 0 Å². The molecule has 1 heterocycles. The Kier molecular flexibility index (Phi) is 4.10. The van der Waals surface area contributed by atoms with E-state index in [4.69, 9.17) is 5.73 Å². The maximum absolute atomic E-state index is 5.70. The third kappa shape index (κ3) is 2.29. The van der Waals surface area contributed by atoms with Gasteiger partial charge in [-0.15, -0.1) is 10.2 Å². The molecule has 96 valence electrons. The van der Waals surface area contributed by atoms with Crippen LogP contribution < -0.4 is 5.73 Å². The molecule has 0 aliphatic rings. The van der Waals surface area contributed by atoms with E-state index in [1.807, 2.05) is 6.07 Å². The molecule has 0 saturated carbocycles. The standard InChI is InChI=1S/C14H20N4/c1-3-12(11-8-6-5-7-9-11)14-17-16-13(10-15)18(14)4-2/h5-9,12H,3-4,10,15H2,1-2H3. The number of rotatable bonds is 5. The van der Waals surface area contributed by atoms with Crippen molar-refractivity contribution in [2.75, 3.05) is 0 Å². The van der Waals surface area contributed by atoms with Crippen LogP contribution in [0.4, 0.5) is 0 Å². The van der Waals surface area contributed by atoms with Crippen LogP contribution in [0.5, 0.6) is 0 Å². The van der Waals surface area contributed by atoms with E-state index in [1.54, 1.807) is 0 Å². The van der Waals surface area contributed by atoms with Gasteiger partial charge in [-0.2, -0.15) is 0 Å². The van der Waals surface area contributed by atoms with Crippen LogP contribution in [0, 0.1) is 0 Å². The molecular formula is C14H20N4. The molecule has 1 unspecified atom stereocenters. The van der Waals surface area contributed by atoms with Gasteiger partial charge in [-0.05, 0) is 18.9 Å². The zero-order valence-electron chi connectivity index (χ0n) is 11.0. The second-order valence-corrected chi connectivity index (χ2v) is 4.29. The van der Waals surface area contributed by atoms with Crippen LogP contribution in [0.1, 0.15) is 43.4 Å². The van der Waals surface area contributed by atoms with Crippen molar-refractivity contribution >= 4 is 0 Å². The van der Waals surface area contributed by atoms with Crippen LogP contribution in [0.2, 0.25) is 0 Å². The van der Waals surface area contributed by atoms with E-state index in [1.165, 1.54) is 5.56 Å². The highest BCUT2D eigenvalue weighted by molar-refractivity contribution is 5.25. The summed E-state index contributed by atoms with van der Waals surface area (Å²) in [7, 11) is 0. The molecular weight excluding hydrogens is 224 g/mol. The quantitative estimate of drug-likeness (QED) is 0.878. The molecule has 0 aliphatic heterocycles. The Hall–Kier alpha value is -1.68. The second-order valence-electron chi connectivity index (χ2n) is 4.29. The highest BCUT2D eigenvalue weighted by Crippen LogP contribution is 2.26. The minimum Gasteiger partial charge on any atom is -0.324 e. The molecule has 4 heteroatoms. The Labute approximate surface area is 108 Å². The Morgan fingerprint density at radius 3 is 2.44 bits per heavy atom. The lowest BCUT2D eigenvalue weighted by molar-refractivity contribution is 0.611. The first-order valence-electron chi connectivity index (χ1n) is 6.48. The van der Waals surface area contributed by atoms with E-state index < -0.39 is 0 Å². The lowest BCUT2D eigenvalue weighted by atomic mass is 9.95. The van der Waals surface area contributed by atoms with Crippen molar-refractivity contribution in [2.24, 2.45) is 5.73 Å². The molecule has 0 aliphatic carbocycles. The van der Waals surface area contributed by atoms with Crippen LogP contribution in [-0.2, 0) is 13.1 Å². The first-order chi connectivity index (χ1) is 8.81. The van der Waals surface area contributed by atoms with Crippen LogP contribution in [0.15, 0.2) is 30.3 Å². The van der Waals surface area contributed by atoms with E-state index in [-0.39, 0.29) is 0 Å². The maximum Gasteiger partial charge on any atom is 0.146 e. The fourth-order valence-corrected chi connectivity index (χ4v) is 2.36.